The minimum atomic E-state index is -0.930. The van der Waals surface area contributed by atoms with Crippen molar-refractivity contribution < 1.29 is 29.3 Å². The molecule has 266 valence electrons. The van der Waals surface area contributed by atoms with Crippen molar-refractivity contribution in [2.45, 2.75) is 69.3 Å². The van der Waals surface area contributed by atoms with Crippen molar-refractivity contribution in [2.24, 2.45) is 11.8 Å². The molecule has 9 nitrogen and oxygen atoms in total. The number of ether oxygens (including phenoxy) is 2. The molecule has 4 fully saturated rings. The number of aromatic nitrogens is 1. The number of phenols is 1. The zero-order chi connectivity index (χ0) is 34.7. The number of phenolic OH excluding ortho intramolecular Hbond substituents is 1. The van der Waals surface area contributed by atoms with E-state index in [9.17, 15) is 20.1 Å². The molecule has 9 heteroatoms. The molecule has 4 aliphatic rings. The van der Waals surface area contributed by atoms with E-state index >= 15 is 0 Å². The van der Waals surface area contributed by atoms with E-state index in [-0.39, 0.29) is 29.4 Å². The molecule has 2 bridgehead atoms. The normalized spacial score (nSPS) is 24.6. The number of benzene rings is 3. The van der Waals surface area contributed by atoms with Gasteiger partial charge in [-0.05, 0) is 66.6 Å². The number of rotatable bonds is 14. The van der Waals surface area contributed by atoms with E-state index in [2.05, 4.69) is 41.5 Å². The van der Waals surface area contributed by atoms with Crippen LogP contribution in [-0.2, 0) is 10.3 Å². The van der Waals surface area contributed by atoms with Crippen molar-refractivity contribution >= 4 is 10.9 Å². The summed E-state index contributed by atoms with van der Waals surface area (Å²) in [6.07, 6.45) is 6.14. The summed E-state index contributed by atoms with van der Waals surface area (Å²) in [5.74, 6) is 1.63. The number of nitrogens with zero attached hydrogens (tertiary/aromatic N) is 1. The number of H-pyrrole nitrogens is 1. The predicted molar refractivity (Wildman–Crippen MR) is 194 cm³/mol. The first kappa shape index (κ1) is 34.7. The third-order valence-corrected chi connectivity index (χ3v) is 12.0. The second kappa shape index (κ2) is 14.9. The maximum Gasteiger partial charge on any atom is 0.248 e. The number of hydrogen-bond donors (Lipinski definition) is 5. The summed E-state index contributed by atoms with van der Waals surface area (Å²) in [5.41, 5.74) is 1.80. The number of nitrogens with one attached hydrogen (secondary N) is 2. The Labute approximate surface area is 294 Å². The molecule has 3 saturated heterocycles. The Kier molecular flexibility index (Phi) is 10.3. The van der Waals surface area contributed by atoms with Crippen molar-refractivity contribution in [3.8, 4) is 11.5 Å². The van der Waals surface area contributed by atoms with Gasteiger partial charge in [0.1, 0.15) is 42.9 Å². The number of fused-ring (bicyclic) bond motifs is 4. The van der Waals surface area contributed by atoms with E-state index in [0.717, 1.165) is 73.2 Å². The summed E-state index contributed by atoms with van der Waals surface area (Å²) >= 11 is 0. The molecule has 8 rings (SSSR count). The van der Waals surface area contributed by atoms with E-state index < -0.39 is 11.7 Å². The average molecular weight is 683 g/mol. The second-order valence-electron chi connectivity index (χ2n) is 15.0. The summed E-state index contributed by atoms with van der Waals surface area (Å²) in [6.45, 7) is 7.60. The van der Waals surface area contributed by atoms with Crippen LogP contribution in [0.3, 0.4) is 0 Å². The Morgan fingerprint density at radius 1 is 0.960 bits per heavy atom. The van der Waals surface area contributed by atoms with Crippen LogP contribution in [0.25, 0.3) is 10.9 Å². The van der Waals surface area contributed by atoms with Crippen molar-refractivity contribution in [1.82, 2.24) is 10.3 Å². The average Bonchev–Trinajstić information content (AvgIpc) is 3.70. The zero-order valence-electron chi connectivity index (χ0n) is 29.1. The summed E-state index contributed by atoms with van der Waals surface area (Å²) in [5, 5.41) is 37.2. The van der Waals surface area contributed by atoms with Gasteiger partial charge in [-0.25, -0.2) is 0 Å². The number of pyridine rings is 1. The van der Waals surface area contributed by atoms with Gasteiger partial charge in [-0.2, -0.15) is 0 Å². The fraction of sp³-hybridized carbons (Fsp3) is 0.488. The van der Waals surface area contributed by atoms with Gasteiger partial charge in [0.25, 0.3) is 0 Å². The minimum Gasteiger partial charge on any atom is -0.506 e. The molecule has 4 aromatic rings. The number of piperidine rings is 3. The topological polar surface area (TPSA) is 124 Å². The van der Waals surface area contributed by atoms with E-state index in [1.165, 1.54) is 25.0 Å². The van der Waals surface area contributed by atoms with E-state index in [4.69, 9.17) is 9.47 Å². The monoisotopic (exact) mass is 682 g/mol. The highest BCUT2D eigenvalue weighted by atomic mass is 16.5. The van der Waals surface area contributed by atoms with Crippen LogP contribution in [0.15, 0.2) is 83.7 Å². The quantitative estimate of drug-likeness (QED) is 0.108. The predicted octanol–water partition coefficient (Wildman–Crippen LogP) is 5.70. The van der Waals surface area contributed by atoms with Crippen LogP contribution in [0.4, 0.5) is 0 Å². The van der Waals surface area contributed by atoms with Gasteiger partial charge in [-0.1, -0.05) is 61.4 Å². The molecule has 4 atom stereocenters. The lowest BCUT2D eigenvalue weighted by Gasteiger charge is -2.52. The third-order valence-electron chi connectivity index (χ3n) is 12.0. The highest BCUT2D eigenvalue weighted by Crippen LogP contribution is 2.42. The van der Waals surface area contributed by atoms with Gasteiger partial charge in [0.05, 0.1) is 31.3 Å². The smallest absolute Gasteiger partial charge is 0.248 e. The van der Waals surface area contributed by atoms with Gasteiger partial charge in [0.15, 0.2) is 0 Å². The first-order valence-electron chi connectivity index (χ1n) is 18.5. The Balaban J connectivity index is 0.902. The lowest BCUT2D eigenvalue weighted by Crippen LogP contribution is -2.65. The number of aromatic amines is 1. The van der Waals surface area contributed by atoms with Crippen molar-refractivity contribution in [3.05, 3.63) is 106 Å². The summed E-state index contributed by atoms with van der Waals surface area (Å²) in [7, 11) is 0. The van der Waals surface area contributed by atoms with E-state index in [1.807, 2.05) is 30.3 Å². The summed E-state index contributed by atoms with van der Waals surface area (Å²) < 4.78 is 14.0. The Morgan fingerprint density at radius 2 is 1.70 bits per heavy atom. The van der Waals surface area contributed by atoms with Gasteiger partial charge >= 0.3 is 0 Å². The van der Waals surface area contributed by atoms with Gasteiger partial charge in [-0.3, -0.25) is 4.79 Å². The molecule has 0 radical (unpaired) electrons. The molecule has 3 aromatic carbocycles. The second-order valence-corrected chi connectivity index (χ2v) is 15.0. The molecular formula is C41H52N3O6+. The number of quaternary nitrogens is 1. The molecule has 1 aromatic heterocycles. The molecule has 3 aliphatic heterocycles. The van der Waals surface area contributed by atoms with Crippen LogP contribution in [0.1, 0.15) is 74.3 Å². The Morgan fingerprint density at radius 3 is 2.44 bits per heavy atom. The van der Waals surface area contributed by atoms with Crippen LogP contribution in [-0.4, -0.2) is 76.8 Å². The summed E-state index contributed by atoms with van der Waals surface area (Å²) in [4.78, 5) is 14.4. The molecular weight excluding hydrogens is 630 g/mol. The fourth-order valence-corrected chi connectivity index (χ4v) is 8.80. The third kappa shape index (κ3) is 7.34. The Bertz CT molecular complexity index is 1780. The van der Waals surface area contributed by atoms with Crippen molar-refractivity contribution in [1.29, 1.82) is 0 Å². The summed E-state index contributed by atoms with van der Waals surface area (Å²) in [6, 6.07) is 24.5. The lowest BCUT2D eigenvalue weighted by atomic mass is 9.80. The first-order valence-corrected chi connectivity index (χ1v) is 18.5. The van der Waals surface area contributed by atoms with Crippen molar-refractivity contribution in [2.75, 3.05) is 45.9 Å². The number of aliphatic hydroxyl groups is 2. The highest BCUT2D eigenvalue weighted by Gasteiger charge is 2.48. The minimum absolute atomic E-state index is 0.0139. The van der Waals surface area contributed by atoms with Gasteiger partial charge in [0, 0.05) is 42.8 Å². The molecule has 0 unspecified atom stereocenters. The molecule has 0 spiro atoms. The SMILES string of the molecule is C[C@@H](NC[C@H](O)c1ccc(O)c2[nH]c(=O)ccc12)c1ccc(OCC[N+]23CCC(CC2)[C@@H](OC[C@@](O)(c2ccccc2)C2CCCC2)C3)cc1. The van der Waals surface area contributed by atoms with Crippen LogP contribution >= 0.6 is 0 Å². The molecule has 50 heavy (non-hydrogen) atoms. The fourth-order valence-electron chi connectivity index (χ4n) is 8.80. The largest absolute Gasteiger partial charge is 0.506 e. The number of hydrogen-bond acceptors (Lipinski definition) is 7. The maximum atomic E-state index is 12.0. The van der Waals surface area contributed by atoms with E-state index in [1.54, 1.807) is 12.1 Å². The highest BCUT2D eigenvalue weighted by molar-refractivity contribution is 5.87. The first-order chi connectivity index (χ1) is 24.2. The molecule has 1 saturated carbocycles. The molecule has 0 amide bonds. The standard InChI is InChI=1S/C41H51N3O6/c1-28(42-25-37(46)34-15-17-36(45)40-35(34)16-18-39(47)43-40)29-11-13-33(14-12-29)49-24-23-44-21-19-30(20-22-44)38(26-44)50-27-41(48,32-9-5-6-10-32)31-7-3-2-4-8-31/h2-4,7-8,11-18,28,30,32,37-38,42,46,48H,5-6,9-10,19-27H2,1H3,(H-,43,45,47)/p+1/t28-,30?,37+,38+,41-,44?/m1/s1. The number of aliphatic hydroxyl groups excluding tert-OH is 1. The maximum absolute atomic E-state index is 12.0. The lowest BCUT2D eigenvalue weighted by molar-refractivity contribution is -0.946. The van der Waals surface area contributed by atoms with Crippen LogP contribution in [0.2, 0.25) is 0 Å². The van der Waals surface area contributed by atoms with Crippen LogP contribution in [0.5, 0.6) is 11.5 Å². The molecule has 1 aliphatic carbocycles. The van der Waals surface area contributed by atoms with Gasteiger partial charge < -0.3 is 39.6 Å². The van der Waals surface area contributed by atoms with Gasteiger partial charge in [-0.15, -0.1) is 0 Å². The van der Waals surface area contributed by atoms with E-state index in [0.29, 0.717) is 42.1 Å². The van der Waals surface area contributed by atoms with Crippen LogP contribution < -0.4 is 15.6 Å². The number of aromatic hydroxyl groups is 1. The van der Waals surface area contributed by atoms with Crippen molar-refractivity contribution in [3.63, 3.8) is 0 Å². The zero-order valence-corrected chi connectivity index (χ0v) is 29.1. The van der Waals surface area contributed by atoms with Crippen LogP contribution in [0, 0.1) is 11.8 Å². The van der Waals surface area contributed by atoms with Gasteiger partial charge in [0.2, 0.25) is 5.56 Å². The molecule has 4 heterocycles. The molecule has 5 N–H and O–H groups in total. The Hall–Kier alpha value is -3.73.